The highest BCUT2D eigenvalue weighted by Gasteiger charge is 2.24. The van der Waals surface area contributed by atoms with Crippen LogP contribution in [-0.4, -0.2) is 24.5 Å². The van der Waals surface area contributed by atoms with E-state index >= 15 is 0 Å². The van der Waals surface area contributed by atoms with Gasteiger partial charge >= 0.3 is 0 Å². The number of amides is 1. The number of para-hydroxylation sites is 1. The molecule has 0 saturated heterocycles. The van der Waals surface area contributed by atoms with Gasteiger partial charge in [0.15, 0.2) is 0 Å². The van der Waals surface area contributed by atoms with Gasteiger partial charge in [0, 0.05) is 18.8 Å². The van der Waals surface area contributed by atoms with Crippen molar-refractivity contribution in [3.63, 3.8) is 0 Å². The fourth-order valence-electron chi connectivity index (χ4n) is 2.92. The van der Waals surface area contributed by atoms with Crippen LogP contribution in [0.3, 0.4) is 0 Å². The zero-order valence-electron chi connectivity index (χ0n) is 13.0. The molecule has 2 rings (SSSR count). The summed E-state index contributed by atoms with van der Waals surface area (Å²) in [6, 6.07) is 8.69. The van der Waals surface area contributed by atoms with Crippen LogP contribution in [0.15, 0.2) is 24.3 Å². The zero-order chi connectivity index (χ0) is 15.3. The van der Waals surface area contributed by atoms with E-state index in [9.17, 15) is 4.79 Å². The zero-order valence-corrected chi connectivity index (χ0v) is 13.0. The first-order chi connectivity index (χ1) is 10.0. The van der Waals surface area contributed by atoms with Gasteiger partial charge < -0.3 is 16.4 Å². The summed E-state index contributed by atoms with van der Waals surface area (Å²) in [4.78, 5) is 13.7. The molecule has 4 heteroatoms. The molecule has 1 aliphatic heterocycles. The molecule has 4 nitrogen and oxygen atoms in total. The van der Waals surface area contributed by atoms with Crippen LogP contribution < -0.4 is 16.4 Å². The Kier molecular flexibility index (Phi) is 5.23. The summed E-state index contributed by atoms with van der Waals surface area (Å²) in [5.41, 5.74) is 13.1. The first-order valence-electron chi connectivity index (χ1n) is 7.92. The van der Waals surface area contributed by atoms with Crippen molar-refractivity contribution < 1.29 is 4.79 Å². The van der Waals surface area contributed by atoms with Gasteiger partial charge in [0.2, 0.25) is 5.91 Å². The van der Waals surface area contributed by atoms with E-state index in [0.29, 0.717) is 6.42 Å². The summed E-state index contributed by atoms with van der Waals surface area (Å²) in [7, 11) is 0. The fourth-order valence-corrected chi connectivity index (χ4v) is 2.92. The van der Waals surface area contributed by atoms with E-state index in [2.05, 4.69) is 29.2 Å². The van der Waals surface area contributed by atoms with Crippen molar-refractivity contribution in [2.24, 2.45) is 11.5 Å². The Morgan fingerprint density at radius 1 is 1.29 bits per heavy atom. The number of rotatable bonds is 6. The van der Waals surface area contributed by atoms with Crippen molar-refractivity contribution in [3.05, 3.63) is 29.8 Å². The van der Waals surface area contributed by atoms with Gasteiger partial charge in [-0.25, -0.2) is 0 Å². The van der Waals surface area contributed by atoms with Crippen molar-refractivity contribution >= 4 is 11.6 Å². The molecule has 21 heavy (non-hydrogen) atoms. The number of nitrogens with two attached hydrogens (primary N) is 2. The molecule has 116 valence electrons. The lowest BCUT2D eigenvalue weighted by Gasteiger charge is -2.26. The van der Waals surface area contributed by atoms with Crippen LogP contribution in [0.1, 0.15) is 44.6 Å². The first kappa shape index (κ1) is 15.8. The molecule has 1 atom stereocenters. The van der Waals surface area contributed by atoms with Crippen LogP contribution in [0, 0.1) is 0 Å². The van der Waals surface area contributed by atoms with Crippen LogP contribution in [0.25, 0.3) is 0 Å². The third-order valence-electron chi connectivity index (χ3n) is 4.39. The Morgan fingerprint density at radius 3 is 2.81 bits per heavy atom. The highest BCUT2D eigenvalue weighted by atomic mass is 16.1. The molecule has 4 N–H and O–H groups in total. The molecule has 1 aromatic rings. The largest absolute Gasteiger partial charge is 0.371 e. The predicted molar refractivity (Wildman–Crippen MR) is 87.2 cm³/mol. The minimum atomic E-state index is -0.878. The second-order valence-electron chi connectivity index (χ2n) is 6.31. The molecule has 0 bridgehead atoms. The average molecular weight is 289 g/mol. The maximum absolute atomic E-state index is 11.2. The molecule has 0 saturated carbocycles. The van der Waals surface area contributed by atoms with Crippen molar-refractivity contribution in [2.45, 2.75) is 51.0 Å². The molecule has 1 aromatic carbocycles. The highest BCUT2D eigenvalue weighted by Crippen LogP contribution is 2.26. The molecular formula is C17H27N3O. The number of primary amides is 1. The smallest absolute Gasteiger partial charge is 0.237 e. The molecule has 1 heterocycles. The average Bonchev–Trinajstić information content (AvgIpc) is 2.66. The fraction of sp³-hybridized carbons (Fsp3) is 0.588. The van der Waals surface area contributed by atoms with Gasteiger partial charge in [0.1, 0.15) is 0 Å². The van der Waals surface area contributed by atoms with Crippen molar-refractivity contribution in [1.82, 2.24) is 0 Å². The number of carbonyl (C=O) groups excluding carboxylic acids is 1. The Balaban J connectivity index is 1.87. The molecule has 0 spiro atoms. The SMILES string of the molecule is CC(N)(CCCCN1CCCCc2ccccc21)C(N)=O. The number of nitrogens with zero attached hydrogens (tertiary/aromatic N) is 1. The van der Waals surface area contributed by atoms with Crippen LogP contribution in [-0.2, 0) is 11.2 Å². The summed E-state index contributed by atoms with van der Waals surface area (Å²) in [6.45, 7) is 3.86. The number of hydrogen-bond donors (Lipinski definition) is 2. The van der Waals surface area contributed by atoms with E-state index in [1.807, 2.05) is 0 Å². The minimum absolute atomic E-state index is 0.414. The molecule has 1 aliphatic rings. The molecule has 0 fully saturated rings. The molecule has 1 unspecified atom stereocenters. The summed E-state index contributed by atoms with van der Waals surface area (Å²) >= 11 is 0. The number of anilines is 1. The maximum atomic E-state index is 11.2. The van der Waals surface area contributed by atoms with Gasteiger partial charge in [-0.05, 0) is 57.1 Å². The van der Waals surface area contributed by atoms with Crippen molar-refractivity contribution in [2.75, 3.05) is 18.0 Å². The quantitative estimate of drug-likeness (QED) is 0.789. The van der Waals surface area contributed by atoms with Crippen LogP contribution in [0.4, 0.5) is 5.69 Å². The number of benzene rings is 1. The van der Waals surface area contributed by atoms with E-state index in [1.165, 1.54) is 30.5 Å². The Bertz CT molecular complexity index is 485. The van der Waals surface area contributed by atoms with Gasteiger partial charge in [-0.2, -0.15) is 0 Å². The molecular weight excluding hydrogens is 262 g/mol. The van der Waals surface area contributed by atoms with Gasteiger partial charge in [-0.1, -0.05) is 18.2 Å². The third-order valence-corrected chi connectivity index (χ3v) is 4.39. The Morgan fingerprint density at radius 2 is 2.05 bits per heavy atom. The highest BCUT2D eigenvalue weighted by molar-refractivity contribution is 5.83. The van der Waals surface area contributed by atoms with Crippen molar-refractivity contribution in [1.29, 1.82) is 0 Å². The van der Waals surface area contributed by atoms with Crippen molar-refractivity contribution in [3.8, 4) is 0 Å². The number of carbonyl (C=O) groups is 1. The normalized spacial score (nSPS) is 17.7. The lowest BCUT2D eigenvalue weighted by Crippen LogP contribution is -2.49. The number of aryl methyl sites for hydroxylation is 1. The predicted octanol–water partition coefficient (Wildman–Crippen LogP) is 2.20. The second-order valence-corrected chi connectivity index (χ2v) is 6.31. The van der Waals surface area contributed by atoms with E-state index in [-0.39, 0.29) is 0 Å². The van der Waals surface area contributed by atoms with E-state index in [0.717, 1.165) is 25.9 Å². The lowest BCUT2D eigenvalue weighted by molar-refractivity contribution is -0.122. The standard InChI is InChI=1S/C17H27N3O/c1-17(19,16(18)21)11-5-7-13-20-12-6-4-9-14-8-2-3-10-15(14)20/h2-3,8,10H,4-7,9,11-13,19H2,1H3,(H2,18,21). The number of hydrogen-bond acceptors (Lipinski definition) is 3. The summed E-state index contributed by atoms with van der Waals surface area (Å²) in [6.07, 6.45) is 6.29. The van der Waals surface area contributed by atoms with Gasteiger partial charge in [0.05, 0.1) is 5.54 Å². The number of fused-ring (bicyclic) bond motifs is 1. The molecule has 0 aromatic heterocycles. The van der Waals surface area contributed by atoms with E-state index in [4.69, 9.17) is 11.5 Å². The lowest BCUT2D eigenvalue weighted by atomic mass is 9.95. The Labute approximate surface area is 127 Å². The van der Waals surface area contributed by atoms with Gasteiger partial charge in [-0.3, -0.25) is 4.79 Å². The second kappa shape index (κ2) is 6.94. The van der Waals surface area contributed by atoms with Crippen LogP contribution >= 0.6 is 0 Å². The van der Waals surface area contributed by atoms with Gasteiger partial charge in [-0.15, -0.1) is 0 Å². The summed E-state index contributed by atoms with van der Waals surface area (Å²) in [5, 5.41) is 0. The maximum Gasteiger partial charge on any atom is 0.237 e. The Hall–Kier alpha value is -1.55. The molecule has 1 amide bonds. The molecule has 0 aliphatic carbocycles. The third kappa shape index (κ3) is 4.21. The summed E-state index contributed by atoms with van der Waals surface area (Å²) in [5.74, 6) is -0.414. The van der Waals surface area contributed by atoms with Crippen LogP contribution in [0.5, 0.6) is 0 Å². The monoisotopic (exact) mass is 289 g/mol. The molecule has 0 radical (unpaired) electrons. The minimum Gasteiger partial charge on any atom is -0.371 e. The van der Waals surface area contributed by atoms with Gasteiger partial charge in [0.25, 0.3) is 0 Å². The topological polar surface area (TPSA) is 72.3 Å². The first-order valence-corrected chi connectivity index (χ1v) is 7.92. The van der Waals surface area contributed by atoms with E-state index < -0.39 is 11.4 Å². The van der Waals surface area contributed by atoms with E-state index in [1.54, 1.807) is 6.92 Å². The van der Waals surface area contributed by atoms with Crippen LogP contribution in [0.2, 0.25) is 0 Å². The number of unbranched alkanes of at least 4 members (excludes halogenated alkanes) is 1. The summed E-state index contributed by atoms with van der Waals surface area (Å²) < 4.78 is 0.